The third-order valence-corrected chi connectivity index (χ3v) is 8.93. The van der Waals surface area contributed by atoms with Crippen molar-refractivity contribution in [1.29, 1.82) is 0 Å². The Kier molecular flexibility index (Phi) is 7.30. The van der Waals surface area contributed by atoms with Crippen molar-refractivity contribution in [1.82, 2.24) is 25.1 Å². The molecule has 12 heteroatoms. The molecule has 2 fully saturated rings. The van der Waals surface area contributed by atoms with Gasteiger partial charge in [-0.3, -0.25) is 4.68 Å². The number of benzene rings is 1. The molecule has 3 heterocycles. The number of aromatic nitrogens is 4. The van der Waals surface area contributed by atoms with E-state index in [9.17, 15) is 13.5 Å². The molecule has 2 aliphatic rings. The Morgan fingerprint density at radius 2 is 1.79 bits per heavy atom. The summed E-state index contributed by atoms with van der Waals surface area (Å²) in [6, 6.07) is 9.32. The van der Waals surface area contributed by atoms with Crippen LogP contribution in [0, 0.1) is 11.8 Å². The molecule has 3 aromatic rings. The Labute approximate surface area is 223 Å². The zero-order chi connectivity index (χ0) is 26.9. The van der Waals surface area contributed by atoms with Gasteiger partial charge in [-0.1, -0.05) is 20.3 Å². The predicted molar refractivity (Wildman–Crippen MR) is 144 cm³/mol. The highest BCUT2D eigenvalue weighted by Gasteiger charge is 2.45. The number of hydrogen-bond acceptors (Lipinski definition) is 9. The summed E-state index contributed by atoms with van der Waals surface area (Å²) in [6.45, 7) is 7.74. The third kappa shape index (κ3) is 5.33. The van der Waals surface area contributed by atoms with Gasteiger partial charge in [-0.05, 0) is 48.9 Å². The van der Waals surface area contributed by atoms with Crippen molar-refractivity contribution in [2.45, 2.75) is 43.6 Å². The second-order valence-corrected chi connectivity index (χ2v) is 11.9. The molecule has 0 radical (unpaired) electrons. The van der Waals surface area contributed by atoms with Gasteiger partial charge in [-0.2, -0.15) is 10.1 Å². The highest BCUT2D eigenvalue weighted by Crippen LogP contribution is 2.45. The van der Waals surface area contributed by atoms with E-state index in [2.05, 4.69) is 30.0 Å². The first-order valence-electron chi connectivity index (χ1n) is 13.0. The molecule has 11 nitrogen and oxygen atoms in total. The van der Waals surface area contributed by atoms with Gasteiger partial charge >= 0.3 is 0 Å². The Balaban J connectivity index is 1.48. The summed E-state index contributed by atoms with van der Waals surface area (Å²) >= 11 is 0. The number of anilines is 2. The number of aliphatic hydroxyl groups is 1. The van der Waals surface area contributed by atoms with E-state index < -0.39 is 15.6 Å². The van der Waals surface area contributed by atoms with Crippen LogP contribution in [0.4, 0.5) is 11.6 Å². The number of rotatable bonds is 7. The first-order chi connectivity index (χ1) is 18.1. The monoisotopic (exact) mass is 541 g/mol. The lowest BCUT2D eigenvalue weighted by Gasteiger charge is -2.42. The number of nitrogens with one attached hydrogen (secondary N) is 2. The minimum Gasteiger partial charge on any atom is -0.439 e. The summed E-state index contributed by atoms with van der Waals surface area (Å²) in [5, 5.41) is 19.1. The van der Waals surface area contributed by atoms with Crippen LogP contribution in [0.1, 0.15) is 38.8 Å². The van der Waals surface area contributed by atoms with Crippen molar-refractivity contribution < 1.29 is 18.3 Å². The molecule has 0 amide bonds. The van der Waals surface area contributed by atoms with E-state index in [1.807, 2.05) is 38.1 Å². The maximum Gasteiger partial charge on any atom is 0.267 e. The summed E-state index contributed by atoms with van der Waals surface area (Å²) in [5.41, 5.74) is 0.190. The van der Waals surface area contributed by atoms with Crippen LogP contribution < -0.4 is 19.7 Å². The number of piperazine rings is 1. The quantitative estimate of drug-likeness (QED) is 0.413. The molecule has 2 atom stereocenters. The molecular formula is C26H35N7O4S. The zero-order valence-corrected chi connectivity index (χ0v) is 22.8. The Hall–Kier alpha value is -3.22. The average Bonchev–Trinajstić information content (AvgIpc) is 3.35. The van der Waals surface area contributed by atoms with Gasteiger partial charge in [-0.15, -0.1) is 0 Å². The van der Waals surface area contributed by atoms with Gasteiger partial charge in [0.05, 0.1) is 11.9 Å². The number of nitrogens with zero attached hydrogens (tertiary/aromatic N) is 5. The fourth-order valence-electron chi connectivity index (χ4n) is 5.37. The van der Waals surface area contributed by atoms with Crippen LogP contribution in [0.2, 0.25) is 0 Å². The first-order valence-corrected chi connectivity index (χ1v) is 14.5. The van der Waals surface area contributed by atoms with E-state index >= 15 is 0 Å². The molecule has 0 spiro atoms. The zero-order valence-electron chi connectivity index (χ0n) is 22.0. The molecular weight excluding hydrogens is 506 g/mol. The highest BCUT2D eigenvalue weighted by molar-refractivity contribution is 7.92. The van der Waals surface area contributed by atoms with Gasteiger partial charge in [0, 0.05) is 51.2 Å². The second kappa shape index (κ2) is 10.5. The molecule has 1 saturated heterocycles. The van der Waals surface area contributed by atoms with Crippen molar-refractivity contribution in [2.75, 3.05) is 35.8 Å². The maximum atomic E-state index is 13.0. The standard InChI is InChI=1S/C26H35N7O4S/c1-18-5-4-6-19(2)26(18,34)23-15-24(30-25(29-23)31-38(35,36)22-16-28-32(3)17-22)37-21-9-7-20(8-10-21)33-13-11-27-12-14-33/h7-10,15-19,27,34H,4-6,11-14H2,1-3H3,(H,29,30,31). The molecule has 204 valence electrons. The van der Waals surface area contributed by atoms with Crippen molar-refractivity contribution in [2.24, 2.45) is 18.9 Å². The lowest BCUT2D eigenvalue weighted by molar-refractivity contribution is -0.0926. The third-order valence-electron chi connectivity index (χ3n) is 7.65. The normalized spacial score (nSPS) is 24.3. The molecule has 2 unspecified atom stereocenters. The Morgan fingerprint density at radius 1 is 1.11 bits per heavy atom. The number of aryl methyl sites for hydroxylation is 1. The average molecular weight is 542 g/mol. The van der Waals surface area contributed by atoms with Crippen LogP contribution in [0.15, 0.2) is 47.6 Å². The fraction of sp³-hybridized carbons (Fsp3) is 0.500. The molecule has 38 heavy (non-hydrogen) atoms. The van der Waals surface area contributed by atoms with E-state index in [-0.39, 0.29) is 28.6 Å². The number of hydrogen-bond donors (Lipinski definition) is 3. The highest BCUT2D eigenvalue weighted by atomic mass is 32.2. The summed E-state index contributed by atoms with van der Waals surface area (Å²) in [7, 11) is -2.36. The molecule has 2 aromatic heterocycles. The van der Waals surface area contributed by atoms with Crippen LogP contribution in [-0.2, 0) is 22.7 Å². The van der Waals surface area contributed by atoms with Crippen LogP contribution in [-0.4, -0.2) is 59.5 Å². The molecule has 5 rings (SSSR count). The minimum atomic E-state index is -4.00. The summed E-state index contributed by atoms with van der Waals surface area (Å²) < 4.78 is 36.0. The lowest BCUT2D eigenvalue weighted by Crippen LogP contribution is -2.43. The topological polar surface area (TPSA) is 134 Å². The van der Waals surface area contributed by atoms with Crippen molar-refractivity contribution in [3.63, 3.8) is 0 Å². The first kappa shape index (κ1) is 26.4. The van der Waals surface area contributed by atoms with Crippen LogP contribution in [0.3, 0.4) is 0 Å². The van der Waals surface area contributed by atoms with Gasteiger partial charge in [0.1, 0.15) is 16.2 Å². The Morgan fingerprint density at radius 3 is 2.42 bits per heavy atom. The van der Waals surface area contributed by atoms with Crippen LogP contribution in [0.25, 0.3) is 0 Å². The molecule has 1 saturated carbocycles. The summed E-state index contributed by atoms with van der Waals surface area (Å²) in [5.74, 6) is 0.376. The number of sulfonamides is 1. The lowest BCUT2D eigenvalue weighted by atomic mass is 9.68. The van der Waals surface area contributed by atoms with E-state index in [1.54, 1.807) is 13.1 Å². The van der Waals surface area contributed by atoms with Crippen LogP contribution in [0.5, 0.6) is 11.6 Å². The van der Waals surface area contributed by atoms with Crippen molar-refractivity contribution >= 4 is 21.7 Å². The summed E-state index contributed by atoms with van der Waals surface area (Å²) in [4.78, 5) is 11.1. The van der Waals surface area contributed by atoms with Gasteiger partial charge in [-0.25, -0.2) is 18.1 Å². The smallest absolute Gasteiger partial charge is 0.267 e. The van der Waals surface area contributed by atoms with E-state index in [0.29, 0.717) is 11.4 Å². The van der Waals surface area contributed by atoms with Crippen LogP contribution >= 0.6 is 0 Å². The minimum absolute atomic E-state index is 0.0157. The second-order valence-electron chi connectivity index (χ2n) is 10.3. The van der Waals surface area contributed by atoms with Gasteiger partial charge in [0.25, 0.3) is 10.0 Å². The van der Waals surface area contributed by atoms with Gasteiger partial charge in [0.2, 0.25) is 11.8 Å². The van der Waals surface area contributed by atoms with Gasteiger partial charge in [0.15, 0.2) is 0 Å². The summed E-state index contributed by atoms with van der Waals surface area (Å²) in [6.07, 6.45) is 5.33. The van der Waals surface area contributed by atoms with Crippen molar-refractivity contribution in [3.8, 4) is 11.6 Å². The largest absolute Gasteiger partial charge is 0.439 e. The molecule has 0 bridgehead atoms. The molecule has 1 aromatic carbocycles. The van der Waals surface area contributed by atoms with E-state index in [4.69, 9.17) is 4.74 Å². The van der Waals surface area contributed by atoms with Crippen molar-refractivity contribution in [3.05, 3.63) is 48.4 Å². The van der Waals surface area contributed by atoms with E-state index in [1.165, 1.54) is 17.1 Å². The maximum absolute atomic E-state index is 13.0. The Bertz CT molecular complexity index is 1360. The van der Waals surface area contributed by atoms with E-state index in [0.717, 1.165) is 51.1 Å². The fourth-order valence-corrected chi connectivity index (χ4v) is 6.30. The predicted octanol–water partition coefficient (Wildman–Crippen LogP) is 2.86. The molecule has 1 aliphatic carbocycles. The van der Waals surface area contributed by atoms with Gasteiger partial charge < -0.3 is 20.1 Å². The molecule has 3 N–H and O–H groups in total. The molecule has 1 aliphatic heterocycles. The SMILES string of the molecule is CC1CCCC(C)C1(O)c1cc(Oc2ccc(N3CCNCC3)cc2)nc(NS(=O)(=O)c2cnn(C)c2)n1. The number of ether oxygens (including phenoxy) is 1.